The topological polar surface area (TPSA) is 74.5 Å². The Balaban J connectivity index is 2.95. The molecule has 0 radical (unpaired) electrons. The van der Waals surface area contributed by atoms with E-state index in [0.717, 1.165) is 17.4 Å². The van der Waals surface area contributed by atoms with Gasteiger partial charge in [0.2, 0.25) is 0 Å². The molecule has 1 rings (SSSR count). The van der Waals surface area contributed by atoms with E-state index in [1.807, 2.05) is 19.0 Å². The highest BCUT2D eigenvalue weighted by molar-refractivity contribution is 9.10. The zero-order chi connectivity index (χ0) is 15.1. The average molecular weight is 344 g/mol. The van der Waals surface area contributed by atoms with Crippen molar-refractivity contribution in [3.8, 4) is 0 Å². The number of nitrogen functional groups attached to an aromatic ring is 1. The van der Waals surface area contributed by atoms with E-state index < -0.39 is 0 Å². The highest BCUT2D eigenvalue weighted by Crippen LogP contribution is 2.19. The minimum absolute atomic E-state index is 0.0598. The summed E-state index contributed by atoms with van der Waals surface area (Å²) < 4.78 is 0.754. The first-order valence-electron chi connectivity index (χ1n) is 6.55. The highest BCUT2D eigenvalue weighted by Gasteiger charge is 2.19. The van der Waals surface area contributed by atoms with Gasteiger partial charge in [-0.05, 0) is 42.5 Å². The number of likely N-dealkylation sites (N-methyl/N-ethyl adjacent to an activating group) is 1. The number of nitrogens with two attached hydrogens (primary N) is 1. The van der Waals surface area contributed by atoms with E-state index in [9.17, 15) is 4.79 Å². The Morgan fingerprint density at radius 2 is 2.10 bits per heavy atom. The number of carbonyl (C=O) groups is 1. The maximum atomic E-state index is 12.6. The molecule has 0 aliphatic carbocycles. The van der Waals surface area contributed by atoms with Gasteiger partial charge in [0.1, 0.15) is 0 Å². The molecule has 3 N–H and O–H groups in total. The van der Waals surface area contributed by atoms with Crippen LogP contribution in [0.5, 0.6) is 0 Å². The molecular weight excluding hydrogens is 322 g/mol. The molecule has 0 aliphatic rings. The Bertz CT molecular complexity index is 452. The molecule has 0 spiro atoms. The molecule has 1 heterocycles. The molecule has 20 heavy (non-hydrogen) atoms. The largest absolute Gasteiger partial charge is 0.337 e. The molecule has 7 heteroatoms. The second-order valence-corrected chi connectivity index (χ2v) is 5.71. The van der Waals surface area contributed by atoms with Gasteiger partial charge in [-0.15, -0.1) is 0 Å². The Labute approximate surface area is 128 Å². The lowest BCUT2D eigenvalue weighted by Crippen LogP contribution is -2.37. The number of nitrogens with zero attached hydrogens (tertiary/aromatic N) is 3. The van der Waals surface area contributed by atoms with Crippen LogP contribution in [0, 0.1) is 0 Å². The standard InChI is InChI=1S/C13H22BrN5O/c1-4-5-19(7-6-18(2)3)13(20)11-8-10(14)9-16-12(11)17-15/h8-9H,4-7,15H2,1-3H3,(H,16,17). The third-order valence-electron chi connectivity index (χ3n) is 2.82. The van der Waals surface area contributed by atoms with Crippen molar-refractivity contribution >= 4 is 27.7 Å². The van der Waals surface area contributed by atoms with Crippen LogP contribution in [0.25, 0.3) is 0 Å². The van der Waals surface area contributed by atoms with Gasteiger partial charge in [-0.25, -0.2) is 10.8 Å². The van der Waals surface area contributed by atoms with Gasteiger partial charge in [-0.1, -0.05) is 6.92 Å². The number of hydrazine groups is 1. The lowest BCUT2D eigenvalue weighted by atomic mass is 10.2. The molecule has 0 bridgehead atoms. The van der Waals surface area contributed by atoms with Gasteiger partial charge in [0.25, 0.3) is 5.91 Å². The number of nitrogens with one attached hydrogen (secondary N) is 1. The van der Waals surface area contributed by atoms with Crippen LogP contribution >= 0.6 is 15.9 Å². The van der Waals surface area contributed by atoms with Crippen LogP contribution in [0.4, 0.5) is 5.82 Å². The molecule has 0 aromatic carbocycles. The molecule has 1 amide bonds. The molecule has 6 nitrogen and oxygen atoms in total. The summed E-state index contributed by atoms with van der Waals surface area (Å²) >= 11 is 3.33. The van der Waals surface area contributed by atoms with Crippen molar-refractivity contribution in [2.24, 2.45) is 5.84 Å². The van der Waals surface area contributed by atoms with Crippen molar-refractivity contribution in [2.45, 2.75) is 13.3 Å². The van der Waals surface area contributed by atoms with E-state index in [1.54, 1.807) is 12.3 Å². The predicted octanol–water partition coefficient (Wildman–Crippen LogP) is 1.54. The molecule has 0 saturated heterocycles. The number of aromatic nitrogens is 1. The second kappa shape index (κ2) is 8.18. The zero-order valence-corrected chi connectivity index (χ0v) is 13.8. The Hall–Kier alpha value is -1.18. The van der Waals surface area contributed by atoms with Crippen LogP contribution in [-0.4, -0.2) is 54.4 Å². The van der Waals surface area contributed by atoms with Crippen LogP contribution < -0.4 is 11.3 Å². The summed E-state index contributed by atoms with van der Waals surface area (Å²) in [7, 11) is 3.98. The Morgan fingerprint density at radius 1 is 1.40 bits per heavy atom. The zero-order valence-electron chi connectivity index (χ0n) is 12.2. The molecule has 0 saturated carbocycles. The summed E-state index contributed by atoms with van der Waals surface area (Å²) in [6.07, 6.45) is 2.52. The van der Waals surface area contributed by atoms with Crippen molar-refractivity contribution in [3.05, 3.63) is 22.3 Å². The normalized spacial score (nSPS) is 10.7. The molecule has 0 aliphatic heterocycles. The third kappa shape index (κ3) is 4.73. The van der Waals surface area contributed by atoms with Crippen LogP contribution in [0.15, 0.2) is 16.7 Å². The number of amides is 1. The summed E-state index contributed by atoms with van der Waals surface area (Å²) in [5.74, 6) is 5.76. The van der Waals surface area contributed by atoms with E-state index in [4.69, 9.17) is 5.84 Å². The number of carbonyl (C=O) groups excluding carboxylic acids is 1. The van der Waals surface area contributed by atoms with Crippen molar-refractivity contribution < 1.29 is 4.79 Å². The van der Waals surface area contributed by atoms with Gasteiger partial charge < -0.3 is 15.2 Å². The third-order valence-corrected chi connectivity index (χ3v) is 3.25. The minimum atomic E-state index is -0.0598. The predicted molar refractivity (Wildman–Crippen MR) is 84.5 cm³/mol. The fourth-order valence-electron chi connectivity index (χ4n) is 1.79. The molecule has 0 fully saturated rings. The van der Waals surface area contributed by atoms with Crippen molar-refractivity contribution in [2.75, 3.05) is 39.2 Å². The van der Waals surface area contributed by atoms with Gasteiger partial charge in [0, 0.05) is 30.3 Å². The average Bonchev–Trinajstić information content (AvgIpc) is 2.42. The maximum absolute atomic E-state index is 12.6. The number of pyridine rings is 1. The van der Waals surface area contributed by atoms with Crippen molar-refractivity contribution in [1.82, 2.24) is 14.8 Å². The molecule has 0 unspecified atom stereocenters. The van der Waals surface area contributed by atoms with Crippen LogP contribution in [0.2, 0.25) is 0 Å². The summed E-state index contributed by atoms with van der Waals surface area (Å²) in [6.45, 7) is 4.26. The monoisotopic (exact) mass is 343 g/mol. The smallest absolute Gasteiger partial charge is 0.257 e. The summed E-state index contributed by atoms with van der Waals surface area (Å²) in [4.78, 5) is 20.6. The fourth-order valence-corrected chi connectivity index (χ4v) is 2.12. The quantitative estimate of drug-likeness (QED) is 0.580. The van der Waals surface area contributed by atoms with Gasteiger partial charge in [0.15, 0.2) is 5.82 Å². The minimum Gasteiger partial charge on any atom is -0.337 e. The maximum Gasteiger partial charge on any atom is 0.257 e. The number of hydrogen-bond donors (Lipinski definition) is 2. The lowest BCUT2D eigenvalue weighted by molar-refractivity contribution is 0.0745. The van der Waals surface area contributed by atoms with Gasteiger partial charge in [0.05, 0.1) is 5.56 Å². The van der Waals surface area contributed by atoms with Gasteiger partial charge in [-0.2, -0.15) is 0 Å². The Kier molecular flexibility index (Phi) is 6.90. The summed E-state index contributed by atoms with van der Waals surface area (Å²) in [6, 6.07) is 1.74. The van der Waals surface area contributed by atoms with Crippen molar-refractivity contribution in [1.29, 1.82) is 0 Å². The number of hydrogen-bond acceptors (Lipinski definition) is 5. The Morgan fingerprint density at radius 3 is 2.65 bits per heavy atom. The van der Waals surface area contributed by atoms with Gasteiger partial charge in [-0.3, -0.25) is 4.79 Å². The SMILES string of the molecule is CCCN(CCN(C)C)C(=O)c1cc(Br)cnc1NN. The number of rotatable bonds is 7. The van der Waals surface area contributed by atoms with E-state index in [1.165, 1.54) is 0 Å². The fraction of sp³-hybridized carbons (Fsp3) is 0.538. The number of anilines is 1. The first kappa shape index (κ1) is 16.9. The van der Waals surface area contributed by atoms with E-state index in [2.05, 4.69) is 38.2 Å². The molecule has 112 valence electrons. The molecular formula is C13H22BrN5O. The van der Waals surface area contributed by atoms with Crippen LogP contribution in [0.3, 0.4) is 0 Å². The summed E-state index contributed by atoms with van der Waals surface area (Å²) in [5.41, 5.74) is 2.96. The van der Waals surface area contributed by atoms with E-state index in [-0.39, 0.29) is 5.91 Å². The van der Waals surface area contributed by atoms with Crippen LogP contribution in [-0.2, 0) is 0 Å². The first-order valence-corrected chi connectivity index (χ1v) is 7.35. The second-order valence-electron chi connectivity index (χ2n) is 4.79. The molecule has 0 atom stereocenters. The lowest BCUT2D eigenvalue weighted by Gasteiger charge is -2.24. The highest BCUT2D eigenvalue weighted by atomic mass is 79.9. The van der Waals surface area contributed by atoms with E-state index in [0.29, 0.717) is 24.5 Å². The van der Waals surface area contributed by atoms with Crippen LogP contribution in [0.1, 0.15) is 23.7 Å². The molecule has 1 aromatic rings. The molecule has 1 aromatic heterocycles. The summed E-state index contributed by atoms with van der Waals surface area (Å²) in [5, 5.41) is 0. The first-order chi connectivity index (χ1) is 9.49. The number of halogens is 1. The van der Waals surface area contributed by atoms with E-state index >= 15 is 0 Å². The van der Waals surface area contributed by atoms with Crippen molar-refractivity contribution in [3.63, 3.8) is 0 Å². The van der Waals surface area contributed by atoms with Gasteiger partial charge >= 0.3 is 0 Å².